The van der Waals surface area contributed by atoms with Crippen LogP contribution in [0.2, 0.25) is 0 Å². The number of benzene rings is 4. The summed E-state index contributed by atoms with van der Waals surface area (Å²) in [5.74, 6) is 1.87. The maximum Gasteiger partial charge on any atom is 0.132 e. The van der Waals surface area contributed by atoms with Crippen molar-refractivity contribution in [2.75, 3.05) is 0 Å². The van der Waals surface area contributed by atoms with Gasteiger partial charge in [0.25, 0.3) is 0 Å². The molecule has 3 heterocycles. The summed E-state index contributed by atoms with van der Waals surface area (Å²) in [5.41, 5.74) is 7.71. The average Bonchev–Trinajstić information content (AvgIpc) is 3.23. The molecule has 3 nitrogen and oxygen atoms in total. The molecule has 0 N–H and O–H groups in total. The predicted molar refractivity (Wildman–Crippen MR) is 143 cm³/mol. The first-order valence-electron chi connectivity index (χ1n) is 12.0. The topological polar surface area (TPSA) is 27.1 Å². The number of hydrogen-bond donors (Lipinski definition) is 0. The van der Waals surface area contributed by atoms with E-state index >= 15 is 0 Å². The van der Waals surface area contributed by atoms with Crippen molar-refractivity contribution in [1.29, 1.82) is 0 Å². The number of hydrogen-bond acceptors (Lipinski definition) is 2. The number of para-hydroxylation sites is 2. The van der Waals surface area contributed by atoms with Crippen LogP contribution >= 0.6 is 0 Å². The summed E-state index contributed by atoms with van der Waals surface area (Å²) in [6.45, 7) is 4.60. The van der Waals surface area contributed by atoms with Gasteiger partial charge in [-0.1, -0.05) is 80.6 Å². The van der Waals surface area contributed by atoms with Crippen molar-refractivity contribution in [1.82, 2.24) is 9.55 Å². The molecule has 3 heteroatoms. The van der Waals surface area contributed by atoms with Crippen molar-refractivity contribution in [3.05, 3.63) is 120 Å². The Morgan fingerprint density at radius 1 is 0.686 bits per heavy atom. The standard InChI is InChI=1S/C32H24N2O/c1-32(2)24-13-7-9-15-28(24)35-29-19-18-27-30(31(29)32)23-12-6-8-14-26(23)34(27)22-16-17-25(33-20-22)21-10-4-3-5-11-21/h3-20H,1-2H3. The molecule has 1 aliphatic rings. The van der Waals surface area contributed by atoms with E-state index in [0.717, 1.165) is 34.0 Å². The molecule has 0 saturated heterocycles. The van der Waals surface area contributed by atoms with Crippen molar-refractivity contribution in [3.8, 4) is 28.4 Å². The molecule has 0 radical (unpaired) electrons. The third-order valence-corrected chi connectivity index (χ3v) is 7.28. The van der Waals surface area contributed by atoms with Gasteiger partial charge in [0.1, 0.15) is 11.5 Å². The highest BCUT2D eigenvalue weighted by Crippen LogP contribution is 2.52. The number of fused-ring (bicyclic) bond motifs is 6. The molecule has 0 unspecified atom stereocenters. The molecule has 7 rings (SSSR count). The van der Waals surface area contributed by atoms with Crippen LogP contribution in [0.3, 0.4) is 0 Å². The minimum absolute atomic E-state index is 0.200. The molecule has 168 valence electrons. The van der Waals surface area contributed by atoms with Crippen LogP contribution < -0.4 is 4.74 Å². The molecule has 0 fully saturated rings. The fourth-order valence-corrected chi connectivity index (χ4v) is 5.65. The highest BCUT2D eigenvalue weighted by Gasteiger charge is 2.37. The van der Waals surface area contributed by atoms with Crippen molar-refractivity contribution >= 4 is 21.8 Å². The highest BCUT2D eigenvalue weighted by atomic mass is 16.5. The van der Waals surface area contributed by atoms with E-state index in [4.69, 9.17) is 9.72 Å². The first-order chi connectivity index (χ1) is 17.1. The van der Waals surface area contributed by atoms with Crippen LogP contribution in [0.1, 0.15) is 25.0 Å². The molecule has 0 saturated carbocycles. The number of pyridine rings is 1. The average molecular weight is 453 g/mol. The predicted octanol–water partition coefficient (Wildman–Crippen LogP) is 8.28. The van der Waals surface area contributed by atoms with Gasteiger partial charge in [-0.2, -0.15) is 0 Å². The summed E-state index contributed by atoms with van der Waals surface area (Å²) in [6, 6.07) is 35.9. The number of ether oxygens (including phenoxy) is 1. The number of rotatable bonds is 2. The summed E-state index contributed by atoms with van der Waals surface area (Å²) in [7, 11) is 0. The number of aromatic nitrogens is 2. The maximum absolute atomic E-state index is 6.43. The monoisotopic (exact) mass is 452 g/mol. The SMILES string of the molecule is CC1(C)c2ccccc2Oc2ccc3c(c21)c1ccccc1n3-c1ccc(-c2ccccc2)nc1. The Morgan fingerprint density at radius 2 is 1.46 bits per heavy atom. The first-order valence-corrected chi connectivity index (χ1v) is 12.0. The minimum atomic E-state index is -0.200. The largest absolute Gasteiger partial charge is 0.457 e. The fraction of sp³-hybridized carbons (Fsp3) is 0.0938. The van der Waals surface area contributed by atoms with Crippen LogP contribution in [-0.4, -0.2) is 9.55 Å². The van der Waals surface area contributed by atoms with Crippen molar-refractivity contribution in [3.63, 3.8) is 0 Å². The van der Waals surface area contributed by atoms with Gasteiger partial charge < -0.3 is 9.30 Å². The summed E-state index contributed by atoms with van der Waals surface area (Å²) in [4.78, 5) is 4.82. The Balaban J connectivity index is 1.49. The van der Waals surface area contributed by atoms with E-state index in [1.165, 1.54) is 27.4 Å². The normalized spacial score (nSPS) is 13.9. The lowest BCUT2D eigenvalue weighted by Crippen LogP contribution is -2.24. The van der Waals surface area contributed by atoms with Gasteiger partial charge in [-0.3, -0.25) is 4.98 Å². The maximum atomic E-state index is 6.43. The van der Waals surface area contributed by atoms with Gasteiger partial charge in [0.05, 0.1) is 28.6 Å². The molecule has 2 aromatic heterocycles. The fourth-order valence-electron chi connectivity index (χ4n) is 5.65. The van der Waals surface area contributed by atoms with Gasteiger partial charge in [-0.15, -0.1) is 0 Å². The van der Waals surface area contributed by atoms with Crippen LogP contribution in [-0.2, 0) is 5.41 Å². The van der Waals surface area contributed by atoms with Gasteiger partial charge in [-0.25, -0.2) is 0 Å². The third-order valence-electron chi connectivity index (χ3n) is 7.28. The van der Waals surface area contributed by atoms with Crippen LogP contribution in [0, 0.1) is 0 Å². The zero-order valence-corrected chi connectivity index (χ0v) is 19.7. The van der Waals surface area contributed by atoms with Gasteiger partial charge >= 0.3 is 0 Å². The molecule has 0 bridgehead atoms. The third kappa shape index (κ3) is 2.88. The van der Waals surface area contributed by atoms with Crippen LogP contribution in [0.25, 0.3) is 38.8 Å². The first kappa shape index (κ1) is 20.0. The van der Waals surface area contributed by atoms with E-state index in [2.05, 4.69) is 97.3 Å². The summed E-state index contributed by atoms with van der Waals surface area (Å²) >= 11 is 0. The molecule has 1 aliphatic heterocycles. The van der Waals surface area contributed by atoms with E-state index in [1.807, 2.05) is 30.5 Å². The zero-order chi connectivity index (χ0) is 23.6. The van der Waals surface area contributed by atoms with Crippen LogP contribution in [0.4, 0.5) is 0 Å². The van der Waals surface area contributed by atoms with E-state index in [-0.39, 0.29) is 5.41 Å². The second kappa shape index (κ2) is 7.31. The van der Waals surface area contributed by atoms with Crippen LogP contribution in [0.5, 0.6) is 11.5 Å². The van der Waals surface area contributed by atoms with Crippen LogP contribution in [0.15, 0.2) is 109 Å². The molecular weight excluding hydrogens is 428 g/mol. The second-order valence-corrected chi connectivity index (χ2v) is 9.68. The van der Waals surface area contributed by atoms with Crippen molar-refractivity contribution < 1.29 is 4.74 Å². The summed E-state index contributed by atoms with van der Waals surface area (Å²) in [6.07, 6.45) is 1.98. The molecule has 0 atom stereocenters. The lowest BCUT2D eigenvalue weighted by molar-refractivity contribution is 0.420. The van der Waals surface area contributed by atoms with Gasteiger partial charge in [0.2, 0.25) is 0 Å². The molecule has 0 amide bonds. The van der Waals surface area contributed by atoms with E-state index in [1.54, 1.807) is 0 Å². The van der Waals surface area contributed by atoms with E-state index in [0.29, 0.717) is 0 Å². The second-order valence-electron chi connectivity index (χ2n) is 9.68. The Labute approximate surface area is 204 Å². The van der Waals surface area contributed by atoms with E-state index < -0.39 is 0 Å². The molecule has 0 spiro atoms. The van der Waals surface area contributed by atoms with E-state index in [9.17, 15) is 0 Å². The van der Waals surface area contributed by atoms with Gasteiger partial charge in [0, 0.05) is 32.9 Å². The Hall–Kier alpha value is -4.37. The molecule has 0 aliphatic carbocycles. The molecular formula is C32H24N2O. The summed E-state index contributed by atoms with van der Waals surface area (Å²) < 4.78 is 8.75. The lowest BCUT2D eigenvalue weighted by Gasteiger charge is -2.35. The Kier molecular flexibility index (Phi) is 4.19. The minimum Gasteiger partial charge on any atom is -0.457 e. The van der Waals surface area contributed by atoms with Gasteiger partial charge in [-0.05, 0) is 36.4 Å². The van der Waals surface area contributed by atoms with Crippen molar-refractivity contribution in [2.24, 2.45) is 0 Å². The lowest BCUT2D eigenvalue weighted by atomic mass is 9.74. The zero-order valence-electron chi connectivity index (χ0n) is 19.7. The molecule has 4 aromatic carbocycles. The number of nitrogens with zero attached hydrogens (tertiary/aromatic N) is 2. The van der Waals surface area contributed by atoms with Gasteiger partial charge in [0.15, 0.2) is 0 Å². The summed E-state index contributed by atoms with van der Waals surface area (Å²) in [5, 5.41) is 2.47. The molecule has 35 heavy (non-hydrogen) atoms. The molecule has 6 aromatic rings. The Bertz CT molecular complexity index is 1730. The quantitative estimate of drug-likeness (QED) is 0.264. The smallest absolute Gasteiger partial charge is 0.132 e. The van der Waals surface area contributed by atoms with Crippen molar-refractivity contribution in [2.45, 2.75) is 19.3 Å². The highest BCUT2D eigenvalue weighted by molar-refractivity contribution is 6.12. The Morgan fingerprint density at radius 3 is 2.29 bits per heavy atom.